The van der Waals surface area contributed by atoms with E-state index in [1.54, 1.807) is 54.6 Å². The fraction of sp³-hybridized carbons (Fsp3) is 0.278. The number of nitrogens with zero attached hydrogens (tertiary/aromatic N) is 2. The average Bonchev–Trinajstić information content (AvgIpc) is 3.03. The minimum absolute atomic E-state index is 0.0175. The number of rotatable bonds is 14. The van der Waals surface area contributed by atoms with Gasteiger partial charge in [-0.2, -0.15) is 0 Å². The van der Waals surface area contributed by atoms with Gasteiger partial charge in [-0.05, 0) is 81.8 Å². The summed E-state index contributed by atoms with van der Waals surface area (Å²) in [7, 11) is -4.25. The summed E-state index contributed by atoms with van der Waals surface area (Å²) >= 11 is 13.1. The van der Waals surface area contributed by atoms with Crippen molar-refractivity contribution >= 4 is 50.7 Å². The molecule has 0 bridgehead atoms. The lowest BCUT2D eigenvalue weighted by Gasteiger charge is -2.34. The molecule has 0 heterocycles. The number of sulfonamides is 1. The molecule has 1 N–H and O–H groups in total. The van der Waals surface area contributed by atoms with Gasteiger partial charge in [0.15, 0.2) is 0 Å². The van der Waals surface area contributed by atoms with Gasteiger partial charge in [-0.1, -0.05) is 77.3 Å². The van der Waals surface area contributed by atoms with Crippen molar-refractivity contribution < 1.29 is 22.7 Å². The zero-order valence-electron chi connectivity index (χ0n) is 26.8. The lowest BCUT2D eigenvalue weighted by molar-refractivity contribution is -0.140. The van der Waals surface area contributed by atoms with E-state index in [-0.39, 0.29) is 29.6 Å². The van der Waals surface area contributed by atoms with E-state index in [1.165, 1.54) is 17.0 Å². The van der Waals surface area contributed by atoms with E-state index < -0.39 is 34.4 Å². The molecule has 0 unspecified atom stereocenters. The Bertz CT molecular complexity index is 1750. The van der Waals surface area contributed by atoms with Crippen molar-refractivity contribution in [3.05, 3.63) is 124 Å². The molecule has 2 amide bonds. The van der Waals surface area contributed by atoms with Crippen molar-refractivity contribution in [1.29, 1.82) is 0 Å². The highest BCUT2D eigenvalue weighted by atomic mass is 35.5. The quantitative estimate of drug-likeness (QED) is 0.152. The predicted molar refractivity (Wildman–Crippen MR) is 188 cm³/mol. The van der Waals surface area contributed by atoms with Crippen molar-refractivity contribution in [2.45, 2.75) is 57.6 Å². The summed E-state index contributed by atoms with van der Waals surface area (Å²) in [5.41, 5.74) is 2.39. The van der Waals surface area contributed by atoms with Crippen LogP contribution >= 0.6 is 23.2 Å². The van der Waals surface area contributed by atoms with Crippen LogP contribution in [0.2, 0.25) is 10.0 Å². The van der Waals surface area contributed by atoms with Crippen LogP contribution in [0.5, 0.6) is 5.75 Å². The molecule has 0 spiro atoms. The number of halogens is 2. The third kappa shape index (κ3) is 9.28. The van der Waals surface area contributed by atoms with Gasteiger partial charge in [-0.3, -0.25) is 13.9 Å². The summed E-state index contributed by atoms with van der Waals surface area (Å²) in [5.74, 6) is -0.460. The van der Waals surface area contributed by atoms with Crippen molar-refractivity contribution in [2.75, 3.05) is 17.5 Å². The normalized spacial score (nSPS) is 12.0. The predicted octanol–water partition coefficient (Wildman–Crippen LogP) is 7.06. The number of anilines is 1. The summed E-state index contributed by atoms with van der Waals surface area (Å²) < 4.78 is 35.1. The molecule has 0 aliphatic carbocycles. The number of benzene rings is 4. The molecule has 0 aliphatic heterocycles. The van der Waals surface area contributed by atoms with Crippen molar-refractivity contribution in [2.24, 2.45) is 0 Å². The molecule has 0 saturated carbocycles. The maximum absolute atomic E-state index is 14.6. The largest absolute Gasteiger partial charge is 0.494 e. The van der Waals surface area contributed by atoms with Crippen molar-refractivity contribution in [1.82, 2.24) is 10.2 Å². The molecule has 0 radical (unpaired) electrons. The second kappa shape index (κ2) is 16.2. The number of amides is 2. The van der Waals surface area contributed by atoms with E-state index in [1.807, 2.05) is 58.0 Å². The first-order chi connectivity index (χ1) is 22.4. The first-order valence-corrected chi connectivity index (χ1v) is 17.5. The van der Waals surface area contributed by atoms with Crippen LogP contribution in [-0.4, -0.2) is 50.4 Å². The molecule has 4 rings (SSSR count). The van der Waals surface area contributed by atoms with Crippen molar-refractivity contribution in [3.63, 3.8) is 0 Å². The smallest absolute Gasteiger partial charge is 0.264 e. The van der Waals surface area contributed by atoms with Gasteiger partial charge in [0, 0.05) is 34.6 Å². The van der Waals surface area contributed by atoms with Crippen LogP contribution in [-0.2, 0) is 32.6 Å². The SMILES string of the molecule is CCOc1ccc(N(CC(=O)N(Cc2c(Cl)cccc2Cl)[C@@H](Cc2ccccc2)C(=O)NC(C)C)S(=O)(=O)c2ccc(C)cc2)cc1. The molecular formula is C36H39Cl2N3O5S. The second-order valence-corrected chi connectivity index (χ2v) is 14.0. The highest BCUT2D eigenvalue weighted by Crippen LogP contribution is 2.30. The summed E-state index contributed by atoms with van der Waals surface area (Å²) in [5, 5.41) is 3.56. The van der Waals surface area contributed by atoms with E-state index >= 15 is 0 Å². The van der Waals surface area contributed by atoms with Crippen LogP contribution in [0.4, 0.5) is 5.69 Å². The van der Waals surface area contributed by atoms with Crippen LogP contribution in [0.25, 0.3) is 0 Å². The maximum atomic E-state index is 14.6. The topological polar surface area (TPSA) is 96.0 Å². The van der Waals surface area contributed by atoms with Crippen molar-refractivity contribution in [3.8, 4) is 5.75 Å². The number of carbonyl (C=O) groups excluding carboxylic acids is 2. The van der Waals surface area contributed by atoms with E-state index in [0.717, 1.165) is 15.4 Å². The first kappa shape index (κ1) is 35.8. The van der Waals surface area contributed by atoms with Gasteiger partial charge in [0.05, 0.1) is 17.2 Å². The summed E-state index contributed by atoms with van der Waals surface area (Å²) in [6.45, 7) is 7.06. The maximum Gasteiger partial charge on any atom is 0.264 e. The fourth-order valence-electron chi connectivity index (χ4n) is 5.03. The Balaban J connectivity index is 1.84. The number of hydrogen-bond acceptors (Lipinski definition) is 5. The number of ether oxygens (including phenoxy) is 1. The number of aryl methyl sites for hydroxylation is 1. The Morgan fingerprint density at radius 3 is 2.04 bits per heavy atom. The Morgan fingerprint density at radius 2 is 1.47 bits per heavy atom. The highest BCUT2D eigenvalue weighted by molar-refractivity contribution is 7.92. The van der Waals surface area contributed by atoms with E-state index in [4.69, 9.17) is 27.9 Å². The zero-order chi connectivity index (χ0) is 34.1. The molecule has 0 saturated heterocycles. The van der Waals surface area contributed by atoms with Crippen LogP contribution in [0.3, 0.4) is 0 Å². The van der Waals surface area contributed by atoms with E-state index in [9.17, 15) is 18.0 Å². The van der Waals surface area contributed by atoms with Crippen LogP contribution in [0, 0.1) is 6.92 Å². The van der Waals surface area contributed by atoms with Crippen LogP contribution in [0.15, 0.2) is 102 Å². The molecule has 8 nitrogen and oxygen atoms in total. The average molecular weight is 697 g/mol. The van der Waals surface area contributed by atoms with Gasteiger partial charge in [-0.25, -0.2) is 8.42 Å². The molecule has 11 heteroatoms. The van der Waals surface area contributed by atoms with Gasteiger partial charge in [0.1, 0.15) is 18.3 Å². The van der Waals surface area contributed by atoms with Gasteiger partial charge in [-0.15, -0.1) is 0 Å². The number of nitrogens with one attached hydrogen (secondary N) is 1. The number of hydrogen-bond donors (Lipinski definition) is 1. The fourth-order valence-corrected chi connectivity index (χ4v) is 6.96. The molecule has 1 atom stereocenters. The molecule has 0 aliphatic rings. The van der Waals surface area contributed by atoms with Gasteiger partial charge in [0.2, 0.25) is 11.8 Å². The first-order valence-electron chi connectivity index (χ1n) is 15.3. The lowest BCUT2D eigenvalue weighted by Crippen LogP contribution is -2.54. The Labute approximate surface area is 287 Å². The zero-order valence-corrected chi connectivity index (χ0v) is 29.1. The third-order valence-corrected chi connectivity index (χ3v) is 9.91. The molecule has 248 valence electrons. The molecule has 0 aromatic heterocycles. The number of carbonyl (C=O) groups is 2. The molecule has 0 fully saturated rings. The summed E-state index contributed by atoms with van der Waals surface area (Å²) in [4.78, 5) is 29.8. The molecule has 47 heavy (non-hydrogen) atoms. The molecular weight excluding hydrogens is 657 g/mol. The van der Waals surface area contributed by atoms with Crippen LogP contribution in [0.1, 0.15) is 37.5 Å². The second-order valence-electron chi connectivity index (χ2n) is 11.3. The third-order valence-electron chi connectivity index (χ3n) is 7.42. The summed E-state index contributed by atoms with van der Waals surface area (Å²) in [6, 6.07) is 25.9. The highest BCUT2D eigenvalue weighted by Gasteiger charge is 2.35. The Hall–Kier alpha value is -4.05. The minimum Gasteiger partial charge on any atom is -0.494 e. The minimum atomic E-state index is -4.25. The monoisotopic (exact) mass is 695 g/mol. The summed E-state index contributed by atoms with van der Waals surface area (Å²) in [6.07, 6.45) is 0.168. The Kier molecular flexibility index (Phi) is 12.3. The molecule has 4 aromatic carbocycles. The van der Waals surface area contributed by atoms with Crippen LogP contribution < -0.4 is 14.4 Å². The van der Waals surface area contributed by atoms with Gasteiger partial charge < -0.3 is 15.0 Å². The van der Waals surface area contributed by atoms with Gasteiger partial charge in [0.25, 0.3) is 10.0 Å². The van der Waals surface area contributed by atoms with E-state index in [0.29, 0.717) is 28.0 Å². The Morgan fingerprint density at radius 1 is 0.851 bits per heavy atom. The molecule has 4 aromatic rings. The van der Waals surface area contributed by atoms with E-state index in [2.05, 4.69) is 5.32 Å². The lowest BCUT2D eigenvalue weighted by atomic mass is 10.0. The standard InChI is InChI=1S/C36H39Cl2N3O5S/c1-5-46-29-18-16-28(17-19-29)41(47(44,45)30-20-14-26(4)15-21-30)24-35(42)40(23-31-32(37)12-9-13-33(31)38)34(36(43)39-25(2)3)22-27-10-7-6-8-11-27/h6-21,25,34H,5,22-24H2,1-4H3,(H,39,43)/t34-/m0/s1. The van der Waals surface area contributed by atoms with Gasteiger partial charge >= 0.3 is 0 Å².